The minimum absolute atomic E-state index is 0.0321. The molecule has 0 radical (unpaired) electrons. The van der Waals surface area contributed by atoms with Crippen molar-refractivity contribution in [3.8, 4) is 5.75 Å². The van der Waals surface area contributed by atoms with Crippen LogP contribution in [0.4, 0.5) is 18.9 Å². The van der Waals surface area contributed by atoms with Gasteiger partial charge in [-0.15, -0.1) is 13.2 Å². The highest BCUT2D eigenvalue weighted by molar-refractivity contribution is 6.37. The van der Waals surface area contributed by atoms with Gasteiger partial charge in [-0.3, -0.25) is 0 Å². The number of hydrogen-bond donors (Lipinski definition) is 1. The lowest BCUT2D eigenvalue weighted by Gasteiger charge is -2.11. The topological polar surface area (TPSA) is 35.2 Å². The van der Waals surface area contributed by atoms with Crippen molar-refractivity contribution in [2.24, 2.45) is 0 Å². The summed E-state index contributed by atoms with van der Waals surface area (Å²) in [5.74, 6) is -0.568. The zero-order valence-electron chi connectivity index (χ0n) is 6.53. The van der Waals surface area contributed by atoms with Gasteiger partial charge in [0.25, 0.3) is 0 Å². The van der Waals surface area contributed by atoms with Gasteiger partial charge in [-0.25, -0.2) is 0 Å². The van der Waals surface area contributed by atoms with E-state index in [1.165, 1.54) is 0 Å². The zero-order valence-corrected chi connectivity index (χ0v) is 8.04. The molecule has 2 N–H and O–H groups in total. The maximum atomic E-state index is 11.8. The summed E-state index contributed by atoms with van der Waals surface area (Å²) in [7, 11) is 0. The van der Waals surface area contributed by atoms with Crippen LogP contribution >= 0.6 is 23.2 Å². The number of nitrogens with two attached hydrogens (primary N) is 1. The van der Waals surface area contributed by atoms with Crippen LogP contribution in [0.3, 0.4) is 0 Å². The Labute approximate surface area is 87.4 Å². The van der Waals surface area contributed by atoms with E-state index in [2.05, 4.69) is 4.74 Å². The summed E-state index contributed by atoms with van der Waals surface area (Å²) in [6, 6.07) is 2.00. The second-order valence-corrected chi connectivity index (χ2v) is 3.17. The van der Waals surface area contributed by atoms with E-state index >= 15 is 0 Å². The molecule has 1 rings (SSSR count). The van der Waals surface area contributed by atoms with E-state index in [1.54, 1.807) is 0 Å². The highest BCUT2D eigenvalue weighted by Crippen LogP contribution is 2.35. The fourth-order valence-corrected chi connectivity index (χ4v) is 1.17. The molecule has 1 aromatic carbocycles. The molecule has 0 aromatic heterocycles. The third kappa shape index (κ3) is 2.85. The van der Waals surface area contributed by atoms with Gasteiger partial charge in [0.2, 0.25) is 0 Å². The van der Waals surface area contributed by atoms with E-state index in [0.29, 0.717) is 0 Å². The highest BCUT2D eigenvalue weighted by atomic mass is 35.5. The number of ether oxygens (including phenoxy) is 1. The number of alkyl halides is 3. The van der Waals surface area contributed by atoms with Crippen LogP contribution in [0.5, 0.6) is 5.75 Å². The zero-order chi connectivity index (χ0) is 10.9. The monoisotopic (exact) mass is 245 g/mol. The summed E-state index contributed by atoms with van der Waals surface area (Å²) in [5.41, 5.74) is 5.24. The highest BCUT2D eigenvalue weighted by Gasteiger charge is 2.32. The van der Waals surface area contributed by atoms with Crippen molar-refractivity contribution in [3.05, 3.63) is 22.2 Å². The maximum absolute atomic E-state index is 11.8. The molecule has 0 saturated carbocycles. The van der Waals surface area contributed by atoms with Crippen molar-refractivity contribution < 1.29 is 17.9 Å². The molecule has 0 atom stereocenters. The summed E-state index contributed by atoms with van der Waals surface area (Å²) >= 11 is 11.0. The van der Waals surface area contributed by atoms with Gasteiger partial charge < -0.3 is 10.5 Å². The van der Waals surface area contributed by atoms with Crippen LogP contribution in [0.2, 0.25) is 10.0 Å². The Hall–Kier alpha value is -0.810. The maximum Gasteiger partial charge on any atom is 0.573 e. The largest absolute Gasteiger partial charge is 0.573 e. The third-order valence-corrected chi connectivity index (χ3v) is 1.90. The minimum atomic E-state index is -4.80. The standard InChI is InChI=1S/C7H4Cl2F3NO/c8-3-1-4(9)6(2-5(3)13)14-7(10,11)12/h1-2H,13H2. The average molecular weight is 246 g/mol. The van der Waals surface area contributed by atoms with E-state index in [9.17, 15) is 13.2 Å². The Kier molecular flexibility index (Phi) is 3.01. The lowest BCUT2D eigenvalue weighted by atomic mass is 10.3. The van der Waals surface area contributed by atoms with Crippen LogP contribution in [0, 0.1) is 0 Å². The van der Waals surface area contributed by atoms with Crippen molar-refractivity contribution in [3.63, 3.8) is 0 Å². The predicted octanol–water partition coefficient (Wildman–Crippen LogP) is 3.47. The Balaban J connectivity index is 3.04. The van der Waals surface area contributed by atoms with Crippen molar-refractivity contribution in [2.75, 3.05) is 5.73 Å². The van der Waals surface area contributed by atoms with Gasteiger partial charge in [-0.1, -0.05) is 23.2 Å². The van der Waals surface area contributed by atoms with Crippen LogP contribution in [-0.2, 0) is 0 Å². The van der Waals surface area contributed by atoms with Crippen molar-refractivity contribution in [2.45, 2.75) is 6.36 Å². The smallest absolute Gasteiger partial charge is 0.404 e. The summed E-state index contributed by atoms with van der Waals surface area (Å²) in [6.07, 6.45) is -4.80. The summed E-state index contributed by atoms with van der Waals surface area (Å²) < 4.78 is 39.0. The predicted molar refractivity (Wildman–Crippen MR) is 47.6 cm³/mol. The first-order valence-corrected chi connectivity index (χ1v) is 4.05. The van der Waals surface area contributed by atoms with Crippen LogP contribution in [-0.4, -0.2) is 6.36 Å². The van der Waals surface area contributed by atoms with E-state index in [1.807, 2.05) is 0 Å². The van der Waals surface area contributed by atoms with Crippen molar-refractivity contribution in [1.82, 2.24) is 0 Å². The molecule has 0 spiro atoms. The minimum Gasteiger partial charge on any atom is -0.404 e. The Morgan fingerprint density at radius 1 is 1.14 bits per heavy atom. The summed E-state index contributed by atoms with van der Waals surface area (Å²) in [6.45, 7) is 0. The fraction of sp³-hybridized carbons (Fsp3) is 0.143. The first-order valence-electron chi connectivity index (χ1n) is 3.30. The Bertz CT molecular complexity index is 354. The van der Waals surface area contributed by atoms with Gasteiger partial charge in [-0.05, 0) is 6.07 Å². The van der Waals surface area contributed by atoms with Crippen LogP contribution in [0.1, 0.15) is 0 Å². The number of nitrogen functional groups attached to an aromatic ring is 1. The Morgan fingerprint density at radius 3 is 2.21 bits per heavy atom. The molecule has 7 heteroatoms. The van der Waals surface area contributed by atoms with Gasteiger partial charge in [0.1, 0.15) is 5.75 Å². The van der Waals surface area contributed by atoms with Crippen LogP contribution < -0.4 is 10.5 Å². The average Bonchev–Trinajstić information content (AvgIpc) is 1.97. The summed E-state index contributed by atoms with van der Waals surface area (Å²) in [4.78, 5) is 0. The third-order valence-electron chi connectivity index (χ3n) is 1.28. The van der Waals surface area contributed by atoms with Crippen LogP contribution in [0.15, 0.2) is 12.1 Å². The molecule has 2 nitrogen and oxygen atoms in total. The van der Waals surface area contributed by atoms with E-state index in [0.717, 1.165) is 12.1 Å². The normalized spacial score (nSPS) is 11.5. The first kappa shape index (κ1) is 11.3. The van der Waals surface area contributed by atoms with E-state index in [4.69, 9.17) is 28.9 Å². The second kappa shape index (κ2) is 3.74. The Morgan fingerprint density at radius 2 is 1.71 bits per heavy atom. The first-order chi connectivity index (χ1) is 6.29. The molecular formula is C7H4Cl2F3NO. The van der Waals surface area contributed by atoms with Gasteiger partial charge >= 0.3 is 6.36 Å². The fourth-order valence-electron chi connectivity index (χ4n) is 0.748. The number of hydrogen-bond acceptors (Lipinski definition) is 2. The SMILES string of the molecule is Nc1cc(OC(F)(F)F)c(Cl)cc1Cl. The molecule has 0 aliphatic heterocycles. The molecule has 0 aliphatic carbocycles. The number of halogens is 5. The molecule has 0 saturated heterocycles. The number of benzene rings is 1. The molecule has 0 fully saturated rings. The van der Waals surface area contributed by atoms with Gasteiger partial charge in [0.05, 0.1) is 15.7 Å². The quantitative estimate of drug-likeness (QED) is 0.770. The molecule has 0 unspecified atom stereocenters. The number of rotatable bonds is 1. The van der Waals surface area contributed by atoms with Gasteiger partial charge in [-0.2, -0.15) is 0 Å². The van der Waals surface area contributed by atoms with E-state index in [-0.39, 0.29) is 15.7 Å². The van der Waals surface area contributed by atoms with E-state index < -0.39 is 12.1 Å². The van der Waals surface area contributed by atoms with Crippen LogP contribution in [0.25, 0.3) is 0 Å². The molecule has 1 aromatic rings. The van der Waals surface area contributed by atoms with Gasteiger partial charge in [0.15, 0.2) is 0 Å². The molecule has 14 heavy (non-hydrogen) atoms. The molecule has 0 heterocycles. The lowest BCUT2D eigenvalue weighted by Crippen LogP contribution is -2.17. The molecule has 78 valence electrons. The summed E-state index contributed by atoms with van der Waals surface area (Å²) in [5, 5.41) is -0.175. The van der Waals surface area contributed by atoms with Crippen molar-refractivity contribution >= 4 is 28.9 Å². The molecule has 0 aliphatic rings. The molecule has 0 amide bonds. The molecule has 0 bridgehead atoms. The molecular weight excluding hydrogens is 242 g/mol. The second-order valence-electron chi connectivity index (χ2n) is 2.35. The van der Waals surface area contributed by atoms with Crippen molar-refractivity contribution in [1.29, 1.82) is 0 Å². The number of anilines is 1. The lowest BCUT2D eigenvalue weighted by molar-refractivity contribution is -0.274. The van der Waals surface area contributed by atoms with Gasteiger partial charge in [0, 0.05) is 6.07 Å².